The lowest BCUT2D eigenvalue weighted by molar-refractivity contribution is -0.137. The van der Waals surface area contributed by atoms with Crippen LogP contribution in [0.25, 0.3) is 0 Å². The molecular weight excluding hydrogens is 244 g/mol. The molecule has 1 unspecified atom stereocenters. The molecule has 5 nitrogen and oxygen atoms in total. The van der Waals surface area contributed by atoms with E-state index in [9.17, 15) is 9.59 Å². The number of amides is 1. The van der Waals surface area contributed by atoms with Crippen molar-refractivity contribution in [3.05, 3.63) is 24.0 Å². The summed E-state index contributed by atoms with van der Waals surface area (Å²) < 4.78 is 1.44. The lowest BCUT2D eigenvalue weighted by Gasteiger charge is -2.15. The normalized spacial score (nSPS) is 12.4. The van der Waals surface area contributed by atoms with E-state index in [4.69, 9.17) is 5.11 Å². The summed E-state index contributed by atoms with van der Waals surface area (Å²) in [6.45, 7) is 6.06. The number of carboxylic acid groups (broad SMARTS) is 1. The van der Waals surface area contributed by atoms with Crippen LogP contribution in [-0.2, 0) is 11.3 Å². The first-order chi connectivity index (χ1) is 8.90. The predicted molar refractivity (Wildman–Crippen MR) is 73.1 cm³/mol. The summed E-state index contributed by atoms with van der Waals surface area (Å²) in [5.41, 5.74) is 0.388. The number of hydrogen-bond donors (Lipinski definition) is 2. The van der Waals surface area contributed by atoms with Crippen molar-refractivity contribution < 1.29 is 14.7 Å². The third-order valence-electron chi connectivity index (χ3n) is 2.92. The number of rotatable bonds is 7. The third-order valence-corrected chi connectivity index (χ3v) is 2.92. The fraction of sp³-hybridized carbons (Fsp3) is 0.571. The van der Waals surface area contributed by atoms with Crippen LogP contribution in [0.1, 0.15) is 44.1 Å². The van der Waals surface area contributed by atoms with Crippen molar-refractivity contribution in [2.45, 2.75) is 46.2 Å². The first kappa shape index (κ1) is 15.3. The van der Waals surface area contributed by atoms with Crippen LogP contribution in [0.4, 0.5) is 0 Å². The zero-order valence-electron chi connectivity index (χ0n) is 11.7. The molecule has 1 amide bonds. The van der Waals surface area contributed by atoms with Crippen molar-refractivity contribution in [1.29, 1.82) is 0 Å². The number of aromatic nitrogens is 1. The molecule has 1 atom stereocenters. The fourth-order valence-electron chi connectivity index (χ4n) is 1.86. The Morgan fingerprint density at radius 2 is 2.00 bits per heavy atom. The van der Waals surface area contributed by atoms with Gasteiger partial charge in [-0.2, -0.15) is 0 Å². The highest BCUT2D eigenvalue weighted by Crippen LogP contribution is 2.08. The molecule has 1 aromatic rings. The van der Waals surface area contributed by atoms with Gasteiger partial charge in [0.2, 0.25) is 0 Å². The summed E-state index contributed by atoms with van der Waals surface area (Å²) in [5, 5.41) is 11.7. The monoisotopic (exact) mass is 266 g/mol. The van der Waals surface area contributed by atoms with Gasteiger partial charge in [0.05, 0.1) is 0 Å². The number of aliphatic carboxylic acids is 1. The van der Waals surface area contributed by atoms with E-state index >= 15 is 0 Å². The first-order valence-electron chi connectivity index (χ1n) is 6.58. The second-order valence-corrected chi connectivity index (χ2v) is 5.26. The smallest absolute Gasteiger partial charge is 0.323 e. The van der Waals surface area contributed by atoms with Gasteiger partial charge >= 0.3 is 5.97 Å². The van der Waals surface area contributed by atoms with Crippen molar-refractivity contribution >= 4 is 11.9 Å². The Kier molecular flexibility index (Phi) is 5.60. The van der Waals surface area contributed by atoms with Gasteiger partial charge in [-0.05, 0) is 37.8 Å². The van der Waals surface area contributed by atoms with Crippen LogP contribution in [-0.4, -0.2) is 27.6 Å². The van der Waals surface area contributed by atoms with Crippen LogP contribution >= 0.6 is 0 Å². The Bertz CT molecular complexity index is 438. The Balaban J connectivity index is 2.58. The molecule has 0 aliphatic rings. The SMILES string of the molecule is CC(C)CCC(C)NC(=O)c1cccn1CC(=O)O. The van der Waals surface area contributed by atoms with Gasteiger partial charge in [0, 0.05) is 12.2 Å². The Labute approximate surface area is 113 Å². The van der Waals surface area contributed by atoms with Crippen molar-refractivity contribution in [3.63, 3.8) is 0 Å². The maximum absolute atomic E-state index is 12.0. The largest absolute Gasteiger partial charge is 0.480 e. The predicted octanol–water partition coefficient (Wildman–Crippen LogP) is 2.13. The number of nitrogens with zero attached hydrogens (tertiary/aromatic N) is 1. The molecule has 0 aliphatic heterocycles. The molecular formula is C14H22N2O3. The molecule has 0 saturated carbocycles. The molecule has 0 aliphatic carbocycles. The van der Waals surface area contributed by atoms with Gasteiger partial charge in [0.15, 0.2) is 0 Å². The first-order valence-corrected chi connectivity index (χ1v) is 6.58. The standard InChI is InChI=1S/C14H22N2O3/c1-10(2)6-7-11(3)15-14(19)12-5-4-8-16(12)9-13(17)18/h4-5,8,10-11H,6-7,9H2,1-3H3,(H,15,19)(H,17,18). The molecule has 1 aromatic heterocycles. The number of carboxylic acids is 1. The van der Waals surface area contributed by atoms with Crippen LogP contribution in [0.15, 0.2) is 18.3 Å². The summed E-state index contributed by atoms with van der Waals surface area (Å²) in [4.78, 5) is 22.7. The summed E-state index contributed by atoms with van der Waals surface area (Å²) in [7, 11) is 0. The molecule has 1 rings (SSSR count). The summed E-state index contributed by atoms with van der Waals surface area (Å²) in [6, 6.07) is 3.40. The van der Waals surface area contributed by atoms with Gasteiger partial charge < -0.3 is 15.0 Å². The van der Waals surface area contributed by atoms with Crippen LogP contribution in [0.2, 0.25) is 0 Å². The molecule has 0 bridgehead atoms. The van der Waals surface area contributed by atoms with Gasteiger partial charge in [-0.15, -0.1) is 0 Å². The fourth-order valence-corrected chi connectivity index (χ4v) is 1.86. The third kappa shape index (κ3) is 5.16. The Morgan fingerprint density at radius 3 is 2.58 bits per heavy atom. The second-order valence-electron chi connectivity index (χ2n) is 5.26. The van der Waals surface area contributed by atoms with E-state index in [1.807, 2.05) is 6.92 Å². The molecule has 19 heavy (non-hydrogen) atoms. The van der Waals surface area contributed by atoms with E-state index in [1.165, 1.54) is 4.57 Å². The molecule has 5 heteroatoms. The minimum Gasteiger partial charge on any atom is -0.480 e. The Morgan fingerprint density at radius 1 is 1.32 bits per heavy atom. The van der Waals surface area contributed by atoms with Gasteiger partial charge in [0.25, 0.3) is 5.91 Å². The van der Waals surface area contributed by atoms with Gasteiger partial charge in [-0.25, -0.2) is 0 Å². The highest BCUT2D eigenvalue weighted by Gasteiger charge is 2.14. The highest BCUT2D eigenvalue weighted by molar-refractivity contribution is 5.93. The quantitative estimate of drug-likeness (QED) is 0.794. The summed E-state index contributed by atoms with van der Waals surface area (Å²) in [6.07, 6.45) is 3.57. The number of hydrogen-bond acceptors (Lipinski definition) is 2. The lowest BCUT2D eigenvalue weighted by atomic mass is 10.0. The van der Waals surface area contributed by atoms with Crippen LogP contribution in [0.3, 0.4) is 0 Å². The van der Waals surface area contributed by atoms with E-state index in [1.54, 1.807) is 18.3 Å². The van der Waals surface area contributed by atoms with Crippen molar-refractivity contribution in [1.82, 2.24) is 9.88 Å². The maximum atomic E-state index is 12.0. The van der Waals surface area contributed by atoms with Gasteiger partial charge in [-0.3, -0.25) is 9.59 Å². The van der Waals surface area contributed by atoms with Gasteiger partial charge in [0.1, 0.15) is 12.2 Å². The number of carbonyl (C=O) groups excluding carboxylic acids is 1. The molecule has 0 fully saturated rings. The topological polar surface area (TPSA) is 71.3 Å². The molecule has 0 radical (unpaired) electrons. The summed E-state index contributed by atoms with van der Waals surface area (Å²) >= 11 is 0. The van der Waals surface area contributed by atoms with Crippen molar-refractivity contribution in [2.75, 3.05) is 0 Å². The van der Waals surface area contributed by atoms with E-state index in [0.29, 0.717) is 11.6 Å². The molecule has 106 valence electrons. The number of carbonyl (C=O) groups is 2. The minimum atomic E-state index is -0.960. The van der Waals surface area contributed by atoms with E-state index in [2.05, 4.69) is 19.2 Å². The van der Waals surface area contributed by atoms with Crippen LogP contribution in [0, 0.1) is 5.92 Å². The van der Waals surface area contributed by atoms with E-state index in [0.717, 1.165) is 12.8 Å². The van der Waals surface area contributed by atoms with E-state index in [-0.39, 0.29) is 18.5 Å². The summed E-state index contributed by atoms with van der Waals surface area (Å²) in [5.74, 6) is -0.573. The number of nitrogens with one attached hydrogen (secondary N) is 1. The lowest BCUT2D eigenvalue weighted by Crippen LogP contribution is -2.34. The molecule has 0 saturated heterocycles. The average molecular weight is 266 g/mol. The zero-order valence-corrected chi connectivity index (χ0v) is 11.7. The van der Waals surface area contributed by atoms with Crippen molar-refractivity contribution in [3.8, 4) is 0 Å². The van der Waals surface area contributed by atoms with Crippen LogP contribution in [0.5, 0.6) is 0 Å². The zero-order chi connectivity index (χ0) is 14.4. The molecule has 1 heterocycles. The average Bonchev–Trinajstić information content (AvgIpc) is 2.73. The van der Waals surface area contributed by atoms with E-state index < -0.39 is 5.97 Å². The van der Waals surface area contributed by atoms with Crippen LogP contribution < -0.4 is 5.32 Å². The molecule has 0 aromatic carbocycles. The minimum absolute atomic E-state index is 0.0862. The van der Waals surface area contributed by atoms with Gasteiger partial charge in [-0.1, -0.05) is 13.8 Å². The molecule has 2 N–H and O–H groups in total. The maximum Gasteiger partial charge on any atom is 0.323 e. The highest BCUT2D eigenvalue weighted by atomic mass is 16.4. The Hall–Kier alpha value is -1.78. The molecule has 0 spiro atoms. The van der Waals surface area contributed by atoms with Crippen molar-refractivity contribution in [2.24, 2.45) is 5.92 Å². The second kappa shape index (κ2) is 6.97.